The standard InChI is InChI=1S/C29H24ClN5O6.C16H16ClN5O5.C2HF3O2.H2N2.H2O.H2/c30-20-12-10-18(11-13-20)24(41-29(38)19-8-6-17(7-9-19)16-4-2-1-3-5-16)25-22(36)23(37)28(40-25)35-15-33-21-26(34-39)31-14-32-27(21)35;17-8-3-1-7(2-4-8)10(23)13-11(24)12(25)16(27-13)22-6-20-9-14(21-26)18-5-19-15(9)22;3-2(4,5)1(6)7;1-2;;/h1-15,22-25,28,36-37,39H,(H,31,32,34);1-6,10-13,16,23-26H,(H,18,19,21);(H,6,7);1-2H;1H2;1H/t22-,23+,24+,25-,28+;10-,11+,12-,13-,16-;;;;/m01..../s1. The molecule has 0 aliphatic carbocycles. The summed E-state index contributed by atoms with van der Waals surface area (Å²) in [5.74, 6) is -3.25. The van der Waals surface area contributed by atoms with Crippen molar-refractivity contribution in [3.8, 4) is 11.1 Å². The molecule has 14 N–H and O–H groups in total. The maximum Gasteiger partial charge on any atom is 0.490 e. The second kappa shape index (κ2) is 26.0. The molecule has 10 rings (SSSR count). The lowest BCUT2D eigenvalue weighted by atomic mass is 9.98. The third-order valence-corrected chi connectivity index (χ3v) is 12.3. The third-order valence-electron chi connectivity index (χ3n) is 11.8. The van der Waals surface area contributed by atoms with Crippen molar-refractivity contribution >= 4 is 69.1 Å². The van der Waals surface area contributed by atoms with Gasteiger partial charge in [0.05, 0.1) is 18.2 Å². The van der Waals surface area contributed by atoms with Crippen LogP contribution in [0.15, 0.2) is 128 Å². The Balaban J connectivity index is 0.000000261. The number of nitrogens with one attached hydrogen (secondary N) is 4. The van der Waals surface area contributed by atoms with Crippen molar-refractivity contribution in [2.45, 2.75) is 67.5 Å². The van der Waals surface area contributed by atoms with Gasteiger partial charge in [-0.25, -0.2) is 50.6 Å². The van der Waals surface area contributed by atoms with Crippen LogP contribution in [-0.2, 0) is 19.0 Å². The van der Waals surface area contributed by atoms with E-state index in [4.69, 9.17) is 63.6 Å². The number of hydrogen-bond acceptors (Lipinski definition) is 22. The second-order valence-electron chi connectivity index (χ2n) is 16.4. The Kier molecular flexibility index (Phi) is 19.7. The van der Waals surface area contributed by atoms with Gasteiger partial charge in [0.2, 0.25) is 0 Å². The number of halogens is 5. The number of esters is 1. The van der Waals surface area contributed by atoms with Crippen LogP contribution in [0.4, 0.5) is 24.8 Å². The fraction of sp³-hybridized carbons (Fsp3) is 0.234. The van der Waals surface area contributed by atoms with E-state index in [2.05, 4.69) is 29.9 Å². The van der Waals surface area contributed by atoms with Crippen molar-refractivity contribution in [3.63, 3.8) is 0 Å². The van der Waals surface area contributed by atoms with Crippen molar-refractivity contribution in [1.82, 2.24) is 39.0 Å². The Morgan fingerprint density at radius 2 is 1.06 bits per heavy atom. The number of fused-ring (bicyclic) bond motifs is 2. The van der Waals surface area contributed by atoms with E-state index in [0.717, 1.165) is 11.1 Å². The minimum absolute atomic E-state index is 0. The van der Waals surface area contributed by atoms with Gasteiger partial charge in [0.25, 0.3) is 0 Å². The van der Waals surface area contributed by atoms with Crippen LogP contribution < -0.4 is 11.0 Å². The molecule has 0 amide bonds. The van der Waals surface area contributed by atoms with Gasteiger partial charge < -0.3 is 50.3 Å². The number of carbonyl (C=O) groups is 2. The van der Waals surface area contributed by atoms with Crippen LogP contribution in [0, 0.1) is 11.1 Å². The number of aliphatic hydroxyl groups is 5. The van der Waals surface area contributed by atoms with Crippen LogP contribution in [0.25, 0.3) is 33.5 Å². The predicted molar refractivity (Wildman–Crippen MR) is 266 cm³/mol. The largest absolute Gasteiger partial charge is 0.490 e. The summed E-state index contributed by atoms with van der Waals surface area (Å²) in [5.41, 5.74) is 18.1. The highest BCUT2D eigenvalue weighted by atomic mass is 35.5. The van der Waals surface area contributed by atoms with Crippen molar-refractivity contribution in [2.75, 3.05) is 11.0 Å². The fourth-order valence-electron chi connectivity index (χ4n) is 8.02. The number of aliphatic hydroxyl groups excluding tert-OH is 5. The summed E-state index contributed by atoms with van der Waals surface area (Å²) in [6.45, 7) is 0. The zero-order valence-electron chi connectivity index (χ0n) is 39.5. The Morgan fingerprint density at radius 3 is 1.51 bits per heavy atom. The van der Waals surface area contributed by atoms with E-state index in [-0.39, 0.29) is 40.9 Å². The molecule has 10 atom stereocenters. The molecule has 6 heterocycles. The molecule has 31 heteroatoms. The lowest BCUT2D eigenvalue weighted by molar-refractivity contribution is -0.192. The first-order valence-corrected chi connectivity index (χ1v) is 22.9. The molecular weight excluding hydrogens is 1080 g/mol. The number of carbonyl (C=O) groups excluding carboxylic acids is 1. The van der Waals surface area contributed by atoms with Crippen molar-refractivity contribution in [1.29, 1.82) is 11.1 Å². The minimum Gasteiger partial charge on any atom is -0.475 e. The molecule has 2 aliphatic rings. The number of alkyl halides is 3. The second-order valence-corrected chi connectivity index (χ2v) is 17.3. The SMILES string of the molecule is N=N.O.O=C(O)C(F)(F)F.O=C(O[C@H](c1ccc(Cl)cc1)[C@H]1O[C@@H](n2cnc3c(NO)ncnc32)[C@H](O)[C@@H]1O)c1ccc(-c2ccccc2)cc1.ONc1ncnc2c1ncn2[C@@H]1O[C@H]([C@H](O)c2ccc(Cl)cc2)[C@@H](O)[C@H]1O.[HH]. The topological polar surface area (TPSA) is 414 Å². The first kappa shape index (κ1) is 59.3. The number of ether oxygens (including phenoxy) is 3. The lowest BCUT2D eigenvalue weighted by Gasteiger charge is -2.26. The molecular formula is C47H47Cl2F3N12O14. The normalized spacial score (nSPS) is 21.3. The third kappa shape index (κ3) is 12.9. The number of hydrogen-bond donors (Lipinski definition) is 12. The summed E-state index contributed by atoms with van der Waals surface area (Å²) in [4.78, 5) is 46.5. The average molecular weight is 1130 g/mol. The number of aromatic nitrogens is 8. The number of nitrogens with zero attached hydrogens (tertiary/aromatic N) is 8. The summed E-state index contributed by atoms with van der Waals surface area (Å²) >= 11 is 11.9. The van der Waals surface area contributed by atoms with E-state index in [1.54, 1.807) is 60.7 Å². The molecule has 0 saturated carbocycles. The van der Waals surface area contributed by atoms with Gasteiger partial charge in [-0.3, -0.25) is 30.5 Å². The quantitative estimate of drug-likeness (QED) is 0.0435. The summed E-state index contributed by atoms with van der Waals surface area (Å²) < 4.78 is 52.4. The van der Waals surface area contributed by atoms with Gasteiger partial charge in [0.1, 0.15) is 55.4 Å². The Morgan fingerprint density at radius 1 is 0.641 bits per heavy atom. The molecule has 4 aromatic heterocycles. The van der Waals surface area contributed by atoms with E-state index in [0.29, 0.717) is 26.7 Å². The number of anilines is 2. The van der Waals surface area contributed by atoms with Gasteiger partial charge in [-0.1, -0.05) is 89.9 Å². The van der Waals surface area contributed by atoms with Gasteiger partial charge in [-0.05, 0) is 58.7 Å². The van der Waals surface area contributed by atoms with Crippen LogP contribution in [0.3, 0.4) is 0 Å². The number of aliphatic carboxylic acids is 1. The molecule has 0 spiro atoms. The number of benzene rings is 4. The number of carboxylic acids is 1. The van der Waals surface area contributed by atoms with Gasteiger partial charge in [-0.2, -0.15) is 13.2 Å². The van der Waals surface area contributed by atoms with Crippen molar-refractivity contribution in [3.05, 3.63) is 155 Å². The minimum atomic E-state index is -5.08. The summed E-state index contributed by atoms with van der Waals surface area (Å²) in [6, 6.07) is 29.8. The van der Waals surface area contributed by atoms with E-state index in [1.807, 2.05) is 53.4 Å². The Bertz CT molecular complexity index is 3270. The molecule has 78 heavy (non-hydrogen) atoms. The van der Waals surface area contributed by atoms with E-state index in [1.165, 1.54) is 34.4 Å². The summed E-state index contributed by atoms with van der Waals surface area (Å²) in [5, 5.41) is 80.2. The van der Waals surface area contributed by atoms with Gasteiger partial charge in [-0.15, -0.1) is 0 Å². The van der Waals surface area contributed by atoms with Crippen molar-refractivity contribution < 1.29 is 84.9 Å². The highest BCUT2D eigenvalue weighted by molar-refractivity contribution is 6.30. The van der Waals surface area contributed by atoms with Gasteiger partial charge in [0.15, 0.2) is 52.5 Å². The van der Waals surface area contributed by atoms with Crippen LogP contribution in [-0.4, -0.2) is 140 Å². The van der Waals surface area contributed by atoms with E-state index >= 15 is 0 Å². The molecule has 2 fully saturated rings. The van der Waals surface area contributed by atoms with Crippen molar-refractivity contribution in [2.24, 2.45) is 0 Å². The molecule has 0 radical (unpaired) electrons. The maximum absolute atomic E-state index is 13.3. The molecule has 8 aromatic rings. The zero-order chi connectivity index (χ0) is 55.7. The van der Waals surface area contributed by atoms with Crippen LogP contribution in [0.5, 0.6) is 0 Å². The molecule has 414 valence electrons. The average Bonchev–Trinajstić information content (AvgIpc) is 4.42. The first-order chi connectivity index (χ1) is 36.9. The van der Waals surface area contributed by atoms with Gasteiger partial charge >= 0.3 is 18.1 Å². The smallest absolute Gasteiger partial charge is 0.475 e. The predicted octanol–water partition coefficient (Wildman–Crippen LogP) is 5.45. The monoisotopic (exact) mass is 1130 g/mol. The summed E-state index contributed by atoms with van der Waals surface area (Å²) in [7, 11) is 0. The van der Waals surface area contributed by atoms with Crippen LogP contribution in [0.2, 0.25) is 10.0 Å². The Labute approximate surface area is 447 Å². The molecule has 4 aromatic carbocycles. The highest BCUT2D eigenvalue weighted by Gasteiger charge is 2.50. The number of imidazole rings is 2. The molecule has 2 aliphatic heterocycles. The molecule has 2 saturated heterocycles. The first-order valence-electron chi connectivity index (χ1n) is 22.2. The van der Waals surface area contributed by atoms with Gasteiger partial charge in [0, 0.05) is 11.5 Å². The van der Waals surface area contributed by atoms with Crippen LogP contribution >= 0.6 is 23.2 Å². The zero-order valence-corrected chi connectivity index (χ0v) is 41.0. The Hall–Kier alpha value is -7.91. The molecule has 0 bridgehead atoms. The molecule has 26 nitrogen and oxygen atoms in total. The van der Waals surface area contributed by atoms with Crippen LogP contribution in [0.1, 0.15) is 47.6 Å². The number of rotatable bonds is 11. The molecule has 0 unspecified atom stereocenters. The maximum atomic E-state index is 13.3. The lowest BCUT2D eigenvalue weighted by Crippen LogP contribution is -2.36. The van der Waals surface area contributed by atoms with E-state index in [9.17, 15) is 48.7 Å². The van der Waals surface area contributed by atoms with E-state index < -0.39 is 79.4 Å². The highest BCUT2D eigenvalue weighted by Crippen LogP contribution is 2.41. The fourth-order valence-corrected chi connectivity index (χ4v) is 8.27. The summed E-state index contributed by atoms with van der Waals surface area (Å²) in [6.07, 6.45) is -12.3. The number of carboxylic acid groups (broad SMARTS) is 1.